The molecule has 0 unspecified atom stereocenters. The van der Waals surface area contributed by atoms with E-state index in [1.165, 1.54) is 0 Å². The Balaban J connectivity index is 2.06. The molecule has 6 nitrogen and oxygen atoms in total. The third-order valence-electron chi connectivity index (χ3n) is 12.0. The molecule has 4 atom stereocenters. The van der Waals surface area contributed by atoms with Crippen LogP contribution < -0.4 is 4.72 Å². The van der Waals surface area contributed by atoms with Crippen LogP contribution in [0.5, 0.6) is 0 Å². The molecule has 1 saturated carbocycles. The minimum Gasteiger partial charge on any atom is -0.295 e. The lowest BCUT2D eigenvalue weighted by Gasteiger charge is -2.61. The van der Waals surface area contributed by atoms with E-state index in [-0.39, 0.29) is 38.8 Å². The Bertz CT molecular complexity index is 1530. The number of fused-ring (bicyclic) bond motifs is 1. The number of nitrogens with one attached hydrogen (secondary N) is 1. The summed E-state index contributed by atoms with van der Waals surface area (Å²) >= 11 is 0. The number of carbonyl (C=O) groups is 2. The quantitative estimate of drug-likeness (QED) is 0.214. The smallest absolute Gasteiger partial charge is 0.241 e. The summed E-state index contributed by atoms with van der Waals surface area (Å²) in [7, 11) is -3.76. The van der Waals surface area contributed by atoms with Gasteiger partial charge in [-0.1, -0.05) is 98.6 Å². The zero-order valence-electron chi connectivity index (χ0n) is 30.3. The van der Waals surface area contributed by atoms with E-state index in [1.807, 2.05) is 32.9 Å². The number of benzene rings is 1. The van der Waals surface area contributed by atoms with E-state index in [2.05, 4.69) is 59.3 Å². The maximum Gasteiger partial charge on any atom is 0.241 e. The first-order valence-electron chi connectivity index (χ1n) is 17.0. The SMILES string of the molecule is CCCC(C)(C)CC[C@@](C)(CCC(C)(C)[C@]1(C)CC[C@H]2C(C)(C)C(=O)C(C#N)=C[C@]2(C)/C1=C/C(C)=O)NS(=O)(=O)c1ccccc1. The number of nitrogens with zero attached hydrogens (tertiary/aromatic N) is 1. The zero-order chi connectivity index (χ0) is 35.0. The van der Waals surface area contributed by atoms with Crippen LogP contribution in [0.3, 0.4) is 0 Å². The highest BCUT2D eigenvalue weighted by Gasteiger charge is 2.61. The van der Waals surface area contributed by atoms with Gasteiger partial charge in [0, 0.05) is 16.4 Å². The van der Waals surface area contributed by atoms with Gasteiger partial charge in [-0.25, -0.2) is 13.1 Å². The highest BCUT2D eigenvalue weighted by atomic mass is 32.2. The van der Waals surface area contributed by atoms with Gasteiger partial charge < -0.3 is 0 Å². The summed E-state index contributed by atoms with van der Waals surface area (Å²) in [5, 5.41) is 9.97. The minimum absolute atomic E-state index is 0.0529. The van der Waals surface area contributed by atoms with Crippen LogP contribution in [0.4, 0.5) is 0 Å². The van der Waals surface area contributed by atoms with E-state index in [4.69, 9.17) is 0 Å². The van der Waals surface area contributed by atoms with Gasteiger partial charge in [0.25, 0.3) is 0 Å². The first-order chi connectivity index (χ1) is 21.0. The Morgan fingerprint density at radius 2 is 1.59 bits per heavy atom. The monoisotopic (exact) mass is 650 g/mol. The maximum absolute atomic E-state index is 13.7. The lowest BCUT2D eigenvalue weighted by Crippen LogP contribution is -2.56. The fraction of sp³-hybridized carbons (Fsp3) is 0.667. The summed E-state index contributed by atoms with van der Waals surface area (Å²) in [5.41, 5.74) is -1.68. The van der Waals surface area contributed by atoms with Crippen molar-refractivity contribution in [3.63, 3.8) is 0 Å². The summed E-state index contributed by atoms with van der Waals surface area (Å²) in [6.07, 6.45) is 10.2. The highest BCUT2D eigenvalue weighted by Crippen LogP contribution is 2.67. The second-order valence-corrected chi connectivity index (χ2v) is 18.6. The van der Waals surface area contributed by atoms with Gasteiger partial charge in [-0.2, -0.15) is 5.26 Å². The number of rotatable bonds is 13. The molecule has 0 bridgehead atoms. The molecule has 254 valence electrons. The van der Waals surface area contributed by atoms with Crippen LogP contribution in [0.2, 0.25) is 0 Å². The topological polar surface area (TPSA) is 104 Å². The highest BCUT2D eigenvalue weighted by molar-refractivity contribution is 7.89. The fourth-order valence-electron chi connectivity index (χ4n) is 8.60. The fourth-order valence-corrected chi connectivity index (χ4v) is 10.1. The van der Waals surface area contributed by atoms with Crippen LogP contribution >= 0.6 is 0 Å². The van der Waals surface area contributed by atoms with Crippen LogP contribution in [-0.2, 0) is 19.6 Å². The molecule has 0 amide bonds. The summed E-state index contributed by atoms with van der Waals surface area (Å²) < 4.78 is 30.5. The van der Waals surface area contributed by atoms with Gasteiger partial charge in [0.05, 0.1) is 10.5 Å². The molecule has 1 N–H and O–H groups in total. The standard InChI is InChI=1S/C39H58N2O4S/c1-12-19-34(3,4)21-23-37(9,41-46(44,45)30-16-14-13-15-17-30)24-22-35(5,6)39(11)20-18-31-36(7,8)33(43)29(27-40)26-38(31,10)32(39)25-28(2)42/h13-17,25-26,31,41H,12,18-24H2,1-11H3/b32-25-/t31-,37-,38-,39+/m0/s1. The van der Waals surface area contributed by atoms with Gasteiger partial charge in [0.15, 0.2) is 11.6 Å². The normalized spacial score (nSPS) is 27.3. The Kier molecular flexibility index (Phi) is 10.8. The van der Waals surface area contributed by atoms with Crippen LogP contribution in [0.25, 0.3) is 0 Å². The molecule has 7 heteroatoms. The Morgan fingerprint density at radius 3 is 2.13 bits per heavy atom. The van der Waals surface area contributed by atoms with Crippen molar-refractivity contribution in [1.82, 2.24) is 4.72 Å². The summed E-state index contributed by atoms with van der Waals surface area (Å²) in [5.74, 6) is -0.239. The second-order valence-electron chi connectivity index (χ2n) is 16.9. The Hall–Kier alpha value is -2.56. The first-order valence-corrected chi connectivity index (χ1v) is 18.5. The first kappa shape index (κ1) is 37.9. The molecule has 0 aliphatic heterocycles. The van der Waals surface area contributed by atoms with E-state index in [0.29, 0.717) is 19.3 Å². The lowest BCUT2D eigenvalue weighted by atomic mass is 9.42. The van der Waals surface area contributed by atoms with Crippen LogP contribution in [-0.4, -0.2) is 25.5 Å². The van der Waals surface area contributed by atoms with Crippen molar-refractivity contribution in [2.45, 2.75) is 138 Å². The summed E-state index contributed by atoms with van der Waals surface area (Å²) in [6, 6.07) is 10.7. The molecule has 1 aromatic carbocycles. The molecule has 0 aromatic heterocycles. The summed E-state index contributed by atoms with van der Waals surface area (Å²) in [4.78, 5) is 26.4. The van der Waals surface area contributed by atoms with Gasteiger partial charge in [0.2, 0.25) is 10.0 Å². The predicted octanol–water partition coefficient (Wildman–Crippen LogP) is 9.13. The second kappa shape index (κ2) is 13.2. The zero-order valence-corrected chi connectivity index (χ0v) is 31.1. The number of sulfonamides is 1. The van der Waals surface area contributed by atoms with Gasteiger partial charge >= 0.3 is 0 Å². The molecule has 0 saturated heterocycles. The van der Waals surface area contributed by atoms with Crippen LogP contribution in [0, 0.1) is 44.3 Å². The molecule has 2 aliphatic carbocycles. The molecule has 3 rings (SSSR count). The average Bonchev–Trinajstić information content (AvgIpc) is 2.95. The molecule has 46 heavy (non-hydrogen) atoms. The number of nitriles is 1. The minimum atomic E-state index is -3.76. The van der Waals surface area contributed by atoms with Crippen molar-refractivity contribution in [2.24, 2.45) is 33.0 Å². The molecule has 0 spiro atoms. The number of allylic oxidation sites excluding steroid dienone is 4. The van der Waals surface area contributed by atoms with E-state index in [9.17, 15) is 23.3 Å². The van der Waals surface area contributed by atoms with Crippen molar-refractivity contribution in [1.29, 1.82) is 5.26 Å². The molecule has 1 aromatic rings. The van der Waals surface area contributed by atoms with Crippen molar-refractivity contribution in [2.75, 3.05) is 0 Å². The molecule has 0 radical (unpaired) electrons. The largest absolute Gasteiger partial charge is 0.295 e. The number of carbonyl (C=O) groups excluding carboxylic acids is 2. The Morgan fingerprint density at radius 1 is 1.00 bits per heavy atom. The Labute approximate surface area is 279 Å². The molecular formula is C39H58N2O4S. The van der Waals surface area contributed by atoms with Crippen molar-refractivity contribution >= 4 is 21.6 Å². The predicted molar refractivity (Wildman–Crippen MR) is 186 cm³/mol. The van der Waals surface area contributed by atoms with E-state index >= 15 is 0 Å². The van der Waals surface area contributed by atoms with Gasteiger partial charge in [-0.15, -0.1) is 0 Å². The number of ketones is 2. The van der Waals surface area contributed by atoms with Crippen LogP contribution in [0.1, 0.15) is 128 Å². The number of hydrogen-bond donors (Lipinski definition) is 1. The van der Waals surface area contributed by atoms with Crippen molar-refractivity contribution in [3.05, 3.63) is 53.6 Å². The maximum atomic E-state index is 13.7. The van der Waals surface area contributed by atoms with Crippen LogP contribution in [0.15, 0.2) is 58.5 Å². The van der Waals surface area contributed by atoms with Crippen molar-refractivity contribution < 1.29 is 18.0 Å². The molecule has 2 aliphatic rings. The van der Waals surface area contributed by atoms with Gasteiger partial charge in [0.1, 0.15) is 6.07 Å². The number of hydrogen-bond acceptors (Lipinski definition) is 5. The van der Waals surface area contributed by atoms with E-state index in [1.54, 1.807) is 37.3 Å². The average molecular weight is 651 g/mol. The van der Waals surface area contributed by atoms with Crippen molar-refractivity contribution in [3.8, 4) is 6.07 Å². The third kappa shape index (κ3) is 7.44. The lowest BCUT2D eigenvalue weighted by molar-refractivity contribution is -0.131. The van der Waals surface area contributed by atoms with E-state index < -0.39 is 31.8 Å². The van der Waals surface area contributed by atoms with Gasteiger partial charge in [-0.05, 0) is 99.2 Å². The van der Waals surface area contributed by atoms with E-state index in [0.717, 1.165) is 37.7 Å². The van der Waals surface area contributed by atoms with Gasteiger partial charge in [-0.3, -0.25) is 9.59 Å². The third-order valence-corrected chi connectivity index (χ3v) is 13.6. The number of Topliss-reactive ketones (excluding diaryl/α,β-unsaturated/α-hetero) is 1. The molecule has 1 fully saturated rings. The molecular weight excluding hydrogens is 593 g/mol. The summed E-state index contributed by atoms with van der Waals surface area (Å²) in [6.45, 7) is 22.9. The molecule has 0 heterocycles.